The van der Waals surface area contributed by atoms with Crippen LogP contribution in [0.15, 0.2) is 61.1 Å². The Hall–Kier alpha value is -2.92. The van der Waals surface area contributed by atoms with E-state index < -0.39 is 0 Å². The van der Waals surface area contributed by atoms with E-state index in [0.717, 1.165) is 29.7 Å². The number of anilines is 1. The molecular formula is C22H21N4O. The molecule has 2 N–H and O–H groups in total. The monoisotopic (exact) mass is 357 g/mol. The van der Waals surface area contributed by atoms with Gasteiger partial charge in [0.25, 0.3) is 0 Å². The Bertz CT molecular complexity index is 1100. The third-order valence-corrected chi connectivity index (χ3v) is 5.42. The third-order valence-electron chi connectivity index (χ3n) is 5.42. The molecule has 2 aromatic heterocycles. The smallest absolute Gasteiger partial charge is 0.145 e. The minimum atomic E-state index is -0.321. The van der Waals surface area contributed by atoms with Crippen molar-refractivity contribution in [1.82, 2.24) is 14.5 Å². The van der Waals surface area contributed by atoms with Crippen LogP contribution in [0.25, 0.3) is 21.8 Å². The highest BCUT2D eigenvalue weighted by atomic mass is 16.3. The zero-order valence-electron chi connectivity index (χ0n) is 14.9. The largest absolute Gasteiger partial charge is 0.393 e. The Balaban J connectivity index is 1.44. The van der Waals surface area contributed by atoms with E-state index in [1.54, 1.807) is 6.33 Å². The van der Waals surface area contributed by atoms with Crippen molar-refractivity contribution in [2.75, 3.05) is 5.32 Å². The molecule has 27 heavy (non-hydrogen) atoms. The van der Waals surface area contributed by atoms with Gasteiger partial charge in [-0.1, -0.05) is 42.5 Å². The van der Waals surface area contributed by atoms with Crippen LogP contribution in [-0.4, -0.2) is 25.7 Å². The number of aliphatic hydroxyl groups is 1. The molecule has 0 aliphatic heterocycles. The average Bonchev–Trinajstić information content (AvgIpc) is 3.32. The van der Waals surface area contributed by atoms with Gasteiger partial charge in [-0.25, -0.2) is 9.97 Å². The van der Waals surface area contributed by atoms with Crippen LogP contribution >= 0.6 is 0 Å². The lowest BCUT2D eigenvalue weighted by atomic mass is 10.0. The van der Waals surface area contributed by atoms with Gasteiger partial charge in [-0.2, -0.15) is 0 Å². The van der Waals surface area contributed by atoms with Gasteiger partial charge in [0.2, 0.25) is 0 Å². The normalized spacial score (nSPS) is 19.7. The van der Waals surface area contributed by atoms with Gasteiger partial charge in [0.15, 0.2) is 0 Å². The number of nitrogens with one attached hydrogen (secondary N) is 1. The van der Waals surface area contributed by atoms with E-state index in [1.165, 1.54) is 16.3 Å². The fraction of sp³-hybridized carbons (Fsp3) is 0.227. The number of rotatable bonds is 4. The van der Waals surface area contributed by atoms with Gasteiger partial charge in [0, 0.05) is 18.8 Å². The summed E-state index contributed by atoms with van der Waals surface area (Å²) in [6, 6.07) is 17.1. The molecule has 0 saturated heterocycles. The lowest BCUT2D eigenvalue weighted by Crippen LogP contribution is -2.07. The first-order valence-corrected chi connectivity index (χ1v) is 9.33. The number of hydrogen-bond acceptors (Lipinski definition) is 4. The highest BCUT2D eigenvalue weighted by Crippen LogP contribution is 2.33. The van der Waals surface area contributed by atoms with Crippen molar-refractivity contribution in [3.05, 3.63) is 73.0 Å². The molecule has 135 valence electrons. The topological polar surface area (TPSA) is 63.0 Å². The van der Waals surface area contributed by atoms with Crippen LogP contribution in [0.3, 0.4) is 0 Å². The minimum absolute atomic E-state index is 0.262. The number of hydrogen-bond donors (Lipinski definition) is 2. The fourth-order valence-electron chi connectivity index (χ4n) is 4.04. The summed E-state index contributed by atoms with van der Waals surface area (Å²) >= 11 is 0. The van der Waals surface area contributed by atoms with Crippen LogP contribution in [0.2, 0.25) is 0 Å². The predicted molar refractivity (Wildman–Crippen MR) is 107 cm³/mol. The van der Waals surface area contributed by atoms with E-state index in [0.29, 0.717) is 6.54 Å². The van der Waals surface area contributed by atoms with E-state index in [4.69, 9.17) is 0 Å². The van der Waals surface area contributed by atoms with Crippen LogP contribution in [0, 0.1) is 6.42 Å². The van der Waals surface area contributed by atoms with Crippen LogP contribution in [0.5, 0.6) is 0 Å². The Morgan fingerprint density at radius 1 is 1.04 bits per heavy atom. The molecule has 1 saturated carbocycles. The second kappa shape index (κ2) is 6.67. The molecule has 5 heteroatoms. The van der Waals surface area contributed by atoms with Crippen molar-refractivity contribution in [3.63, 3.8) is 0 Å². The van der Waals surface area contributed by atoms with E-state index >= 15 is 0 Å². The van der Waals surface area contributed by atoms with Crippen molar-refractivity contribution in [2.45, 2.75) is 31.5 Å². The van der Waals surface area contributed by atoms with Crippen LogP contribution in [0.4, 0.5) is 5.82 Å². The van der Waals surface area contributed by atoms with E-state index in [1.807, 2.05) is 6.42 Å². The lowest BCUT2D eigenvalue weighted by molar-refractivity contribution is 0.206. The van der Waals surface area contributed by atoms with Crippen LogP contribution < -0.4 is 5.32 Å². The summed E-state index contributed by atoms with van der Waals surface area (Å²) in [5.74, 6) is 0.842. The zero-order chi connectivity index (χ0) is 18.2. The highest BCUT2D eigenvalue weighted by Gasteiger charge is 2.25. The fourth-order valence-corrected chi connectivity index (χ4v) is 4.04. The number of benzene rings is 2. The first kappa shape index (κ1) is 16.3. The SMILES string of the molecule is OC1[CH]CC(n2ccc3c(NCc4cccc5ccccc45)ncnc32)C1. The second-order valence-electron chi connectivity index (χ2n) is 7.10. The predicted octanol–water partition coefficient (Wildman–Crippen LogP) is 4.10. The Morgan fingerprint density at radius 2 is 1.93 bits per heavy atom. The Kier molecular flexibility index (Phi) is 4.02. The summed E-state index contributed by atoms with van der Waals surface area (Å²) in [5.41, 5.74) is 2.16. The molecule has 2 unspecified atom stereocenters. The van der Waals surface area contributed by atoms with Gasteiger partial charge in [-0.3, -0.25) is 0 Å². The van der Waals surface area contributed by atoms with Crippen molar-refractivity contribution < 1.29 is 5.11 Å². The summed E-state index contributed by atoms with van der Waals surface area (Å²) in [6.07, 6.45) is 6.92. The maximum atomic E-state index is 9.81. The molecule has 0 bridgehead atoms. The van der Waals surface area contributed by atoms with Crippen LogP contribution in [0.1, 0.15) is 24.4 Å². The molecule has 1 aliphatic carbocycles. The van der Waals surface area contributed by atoms with Crippen molar-refractivity contribution in [3.8, 4) is 0 Å². The van der Waals surface area contributed by atoms with Crippen LogP contribution in [-0.2, 0) is 6.54 Å². The molecule has 2 atom stereocenters. The lowest BCUT2D eigenvalue weighted by Gasteiger charge is -2.13. The summed E-state index contributed by atoms with van der Waals surface area (Å²) < 4.78 is 2.16. The first-order chi connectivity index (χ1) is 13.3. The minimum Gasteiger partial charge on any atom is -0.393 e. The first-order valence-electron chi connectivity index (χ1n) is 9.33. The highest BCUT2D eigenvalue weighted by molar-refractivity contribution is 5.88. The second-order valence-corrected chi connectivity index (χ2v) is 7.10. The van der Waals surface area contributed by atoms with E-state index in [-0.39, 0.29) is 12.1 Å². The summed E-state index contributed by atoms with van der Waals surface area (Å²) in [7, 11) is 0. The number of aliphatic hydroxyl groups excluding tert-OH is 1. The van der Waals surface area contributed by atoms with Gasteiger partial charge >= 0.3 is 0 Å². The van der Waals surface area contributed by atoms with E-state index in [2.05, 4.69) is 74.6 Å². The quantitative estimate of drug-likeness (QED) is 0.577. The van der Waals surface area contributed by atoms with Gasteiger partial charge in [0.1, 0.15) is 17.8 Å². The van der Waals surface area contributed by atoms with Gasteiger partial charge in [-0.15, -0.1) is 0 Å². The molecule has 1 fully saturated rings. The van der Waals surface area contributed by atoms with Gasteiger partial charge in [0.05, 0.1) is 11.5 Å². The Labute approximate surface area is 157 Å². The summed E-state index contributed by atoms with van der Waals surface area (Å²) in [5, 5.41) is 16.8. The molecule has 5 rings (SSSR count). The molecule has 2 aromatic carbocycles. The zero-order valence-corrected chi connectivity index (χ0v) is 14.9. The van der Waals surface area contributed by atoms with E-state index in [9.17, 15) is 5.11 Å². The van der Waals surface area contributed by atoms with Crippen molar-refractivity contribution in [1.29, 1.82) is 0 Å². The van der Waals surface area contributed by atoms with Gasteiger partial charge < -0.3 is 15.0 Å². The number of aromatic nitrogens is 3. The molecule has 1 radical (unpaired) electrons. The van der Waals surface area contributed by atoms with Crippen molar-refractivity contribution in [2.24, 2.45) is 0 Å². The third kappa shape index (κ3) is 2.94. The molecule has 2 heterocycles. The number of fused-ring (bicyclic) bond motifs is 2. The molecule has 1 aliphatic rings. The summed E-state index contributed by atoms with van der Waals surface area (Å²) in [6.45, 7) is 0.703. The molecule has 0 spiro atoms. The number of nitrogens with zero attached hydrogens (tertiary/aromatic N) is 3. The van der Waals surface area contributed by atoms with Gasteiger partial charge in [-0.05, 0) is 41.7 Å². The average molecular weight is 357 g/mol. The van der Waals surface area contributed by atoms with Crippen molar-refractivity contribution >= 4 is 27.6 Å². The molecular weight excluding hydrogens is 336 g/mol. The maximum absolute atomic E-state index is 9.81. The standard InChI is InChI=1S/C22H21N4O/c27-18-9-8-17(12-18)26-11-10-20-21(24-14-25-22(20)26)23-13-16-6-3-5-15-4-1-2-7-19(15)16/h1-7,9-11,14,17-18,27H,8,12-13H2,(H,23,24,25). The Morgan fingerprint density at radius 3 is 2.81 bits per heavy atom. The molecule has 4 aromatic rings. The molecule has 5 nitrogen and oxygen atoms in total. The molecule has 0 amide bonds. The summed E-state index contributed by atoms with van der Waals surface area (Å²) in [4.78, 5) is 8.96. The maximum Gasteiger partial charge on any atom is 0.145 e.